The van der Waals surface area contributed by atoms with E-state index in [1.807, 2.05) is 11.5 Å². The first-order valence-electron chi connectivity index (χ1n) is 4.79. The molecule has 0 saturated carbocycles. The lowest BCUT2D eigenvalue weighted by atomic mass is 10.5. The number of nitrogens with zero attached hydrogens (tertiary/aromatic N) is 4. The number of carbonyl (C=O) groups excluding carboxylic acids is 1. The minimum atomic E-state index is -0.369. The number of fused-ring (bicyclic) bond motifs is 1. The largest absolute Gasteiger partial charge is 0.369 e. The highest BCUT2D eigenvalue weighted by molar-refractivity contribution is 8.00. The van der Waals surface area contributed by atoms with Gasteiger partial charge in [-0.05, 0) is 6.92 Å². The van der Waals surface area contributed by atoms with Crippen molar-refractivity contribution in [2.45, 2.75) is 18.5 Å². The Hall–Kier alpha value is -1.63. The van der Waals surface area contributed by atoms with Crippen LogP contribution in [0, 0.1) is 0 Å². The van der Waals surface area contributed by atoms with Crippen molar-refractivity contribution in [3.63, 3.8) is 0 Å². The van der Waals surface area contributed by atoms with Crippen LogP contribution in [0.2, 0.25) is 0 Å². The molecule has 0 bridgehead atoms. The smallest absolute Gasteiger partial charge is 0.227 e. The summed E-state index contributed by atoms with van der Waals surface area (Å²) in [6.45, 7) is 2.81. The lowest BCUT2D eigenvalue weighted by molar-refractivity contribution is -0.115. The van der Waals surface area contributed by atoms with Gasteiger partial charge < -0.3 is 10.3 Å². The van der Waals surface area contributed by atoms with Crippen molar-refractivity contribution in [2.24, 2.45) is 5.73 Å². The fourth-order valence-corrected chi connectivity index (χ4v) is 2.02. The van der Waals surface area contributed by atoms with Crippen molar-refractivity contribution in [3.8, 4) is 0 Å². The Balaban J connectivity index is 2.38. The SMILES string of the molecule is CCn1cnc2c(SCC(N)=O)ncnc21. The number of amides is 1. The van der Waals surface area contributed by atoms with Crippen LogP contribution in [0.15, 0.2) is 17.7 Å². The van der Waals surface area contributed by atoms with Crippen molar-refractivity contribution < 1.29 is 4.79 Å². The molecule has 0 aromatic carbocycles. The molecular weight excluding hydrogens is 226 g/mol. The molecule has 1 amide bonds. The third kappa shape index (κ3) is 1.99. The zero-order valence-corrected chi connectivity index (χ0v) is 9.57. The summed E-state index contributed by atoms with van der Waals surface area (Å²) in [5, 5.41) is 0.691. The average Bonchev–Trinajstić information content (AvgIpc) is 2.69. The van der Waals surface area contributed by atoms with Gasteiger partial charge in [0, 0.05) is 6.54 Å². The molecule has 2 heterocycles. The van der Waals surface area contributed by atoms with Gasteiger partial charge in [-0.1, -0.05) is 11.8 Å². The number of hydrogen-bond acceptors (Lipinski definition) is 5. The van der Waals surface area contributed by atoms with Gasteiger partial charge in [0.05, 0.1) is 12.1 Å². The van der Waals surface area contributed by atoms with E-state index < -0.39 is 0 Å². The van der Waals surface area contributed by atoms with Crippen molar-refractivity contribution in [2.75, 3.05) is 5.75 Å². The molecule has 6 nitrogen and oxygen atoms in total. The first-order chi connectivity index (χ1) is 7.72. The number of imidazole rings is 1. The Morgan fingerprint density at radius 1 is 1.50 bits per heavy atom. The summed E-state index contributed by atoms with van der Waals surface area (Å²) >= 11 is 1.28. The van der Waals surface area contributed by atoms with Gasteiger partial charge in [0.2, 0.25) is 5.91 Å². The van der Waals surface area contributed by atoms with Gasteiger partial charge in [-0.3, -0.25) is 4.79 Å². The third-order valence-corrected chi connectivity index (χ3v) is 3.06. The summed E-state index contributed by atoms with van der Waals surface area (Å²) in [5.74, 6) is -0.169. The Labute approximate surface area is 96.3 Å². The van der Waals surface area contributed by atoms with Gasteiger partial charge in [-0.25, -0.2) is 15.0 Å². The first-order valence-corrected chi connectivity index (χ1v) is 5.78. The van der Waals surface area contributed by atoms with E-state index in [-0.39, 0.29) is 11.7 Å². The zero-order chi connectivity index (χ0) is 11.5. The number of thioether (sulfide) groups is 1. The van der Waals surface area contributed by atoms with Gasteiger partial charge in [0.25, 0.3) is 0 Å². The van der Waals surface area contributed by atoms with Crippen molar-refractivity contribution >= 4 is 28.8 Å². The van der Waals surface area contributed by atoms with E-state index in [9.17, 15) is 4.79 Å². The van der Waals surface area contributed by atoms with Crippen LogP contribution in [-0.2, 0) is 11.3 Å². The fourth-order valence-electron chi connectivity index (χ4n) is 1.34. The molecule has 7 heteroatoms. The number of carbonyl (C=O) groups is 1. The maximum Gasteiger partial charge on any atom is 0.227 e. The second-order valence-electron chi connectivity index (χ2n) is 3.14. The maximum absolute atomic E-state index is 10.7. The molecule has 16 heavy (non-hydrogen) atoms. The number of hydrogen-bond donors (Lipinski definition) is 1. The van der Waals surface area contributed by atoms with Crippen LogP contribution in [0.3, 0.4) is 0 Å². The highest BCUT2D eigenvalue weighted by Crippen LogP contribution is 2.22. The first kappa shape index (κ1) is 10.9. The van der Waals surface area contributed by atoms with E-state index in [4.69, 9.17) is 5.73 Å². The monoisotopic (exact) mass is 237 g/mol. The Bertz CT molecular complexity index is 524. The molecular formula is C9H11N5OS. The molecule has 0 aliphatic heterocycles. The number of aryl methyl sites for hydroxylation is 1. The van der Waals surface area contributed by atoms with Crippen LogP contribution in [0.1, 0.15) is 6.92 Å². The number of aromatic nitrogens is 4. The van der Waals surface area contributed by atoms with Gasteiger partial charge in [0.1, 0.15) is 16.9 Å². The molecule has 0 aliphatic rings. The van der Waals surface area contributed by atoms with Crippen LogP contribution in [-0.4, -0.2) is 31.2 Å². The molecule has 0 fully saturated rings. The molecule has 0 saturated heterocycles. The molecule has 0 unspecified atom stereocenters. The molecule has 0 aliphatic carbocycles. The fraction of sp³-hybridized carbons (Fsp3) is 0.333. The molecule has 2 N–H and O–H groups in total. The second kappa shape index (κ2) is 4.48. The molecule has 84 valence electrons. The average molecular weight is 237 g/mol. The van der Waals surface area contributed by atoms with Gasteiger partial charge in [-0.2, -0.15) is 0 Å². The van der Waals surface area contributed by atoms with E-state index in [2.05, 4.69) is 15.0 Å². The van der Waals surface area contributed by atoms with Crippen LogP contribution in [0.4, 0.5) is 0 Å². The minimum Gasteiger partial charge on any atom is -0.369 e. The maximum atomic E-state index is 10.7. The van der Waals surface area contributed by atoms with Crippen LogP contribution < -0.4 is 5.73 Å². The highest BCUT2D eigenvalue weighted by atomic mass is 32.2. The standard InChI is InChI=1S/C9H11N5OS/c1-2-14-5-13-7-8(14)11-4-12-9(7)16-3-6(10)15/h4-5H,2-3H2,1H3,(H2,10,15). The summed E-state index contributed by atoms with van der Waals surface area (Å²) in [5.41, 5.74) is 6.59. The summed E-state index contributed by atoms with van der Waals surface area (Å²) in [6.07, 6.45) is 3.19. The van der Waals surface area contributed by atoms with E-state index in [1.165, 1.54) is 18.1 Å². The van der Waals surface area contributed by atoms with E-state index in [1.54, 1.807) is 6.33 Å². The summed E-state index contributed by atoms with van der Waals surface area (Å²) in [6, 6.07) is 0. The number of rotatable bonds is 4. The van der Waals surface area contributed by atoms with Gasteiger partial charge >= 0.3 is 0 Å². The quantitative estimate of drug-likeness (QED) is 0.615. The highest BCUT2D eigenvalue weighted by Gasteiger charge is 2.10. The molecule has 2 rings (SSSR count). The summed E-state index contributed by atoms with van der Waals surface area (Å²) < 4.78 is 1.92. The Kier molecular flexibility index (Phi) is 3.04. The minimum absolute atomic E-state index is 0.200. The lowest BCUT2D eigenvalue weighted by Crippen LogP contribution is -2.13. The van der Waals surface area contributed by atoms with Crippen molar-refractivity contribution in [1.82, 2.24) is 19.5 Å². The summed E-state index contributed by atoms with van der Waals surface area (Å²) in [7, 11) is 0. The molecule has 0 atom stereocenters. The second-order valence-corrected chi connectivity index (χ2v) is 4.10. The van der Waals surface area contributed by atoms with Crippen molar-refractivity contribution in [3.05, 3.63) is 12.7 Å². The van der Waals surface area contributed by atoms with Crippen molar-refractivity contribution in [1.29, 1.82) is 0 Å². The van der Waals surface area contributed by atoms with Gasteiger partial charge in [-0.15, -0.1) is 0 Å². The van der Waals surface area contributed by atoms with Crippen LogP contribution in [0.5, 0.6) is 0 Å². The van der Waals surface area contributed by atoms with Crippen LogP contribution >= 0.6 is 11.8 Å². The lowest BCUT2D eigenvalue weighted by Gasteiger charge is -2.00. The third-order valence-electron chi connectivity index (χ3n) is 2.06. The molecule has 2 aromatic heterocycles. The predicted octanol–water partition coefficient (Wildman–Crippen LogP) is 0.424. The number of nitrogens with two attached hydrogens (primary N) is 1. The molecule has 2 aromatic rings. The Morgan fingerprint density at radius 2 is 2.31 bits per heavy atom. The van der Waals surface area contributed by atoms with Crippen LogP contribution in [0.25, 0.3) is 11.2 Å². The van der Waals surface area contributed by atoms with E-state index >= 15 is 0 Å². The molecule has 0 radical (unpaired) electrons. The van der Waals surface area contributed by atoms with E-state index in [0.717, 1.165) is 17.7 Å². The Morgan fingerprint density at radius 3 is 3.00 bits per heavy atom. The van der Waals surface area contributed by atoms with Gasteiger partial charge in [0.15, 0.2) is 5.65 Å². The zero-order valence-electron chi connectivity index (χ0n) is 8.75. The number of primary amides is 1. The normalized spacial score (nSPS) is 10.8. The molecule has 0 spiro atoms. The summed E-state index contributed by atoms with van der Waals surface area (Å²) in [4.78, 5) is 23.2. The van der Waals surface area contributed by atoms with E-state index in [0.29, 0.717) is 5.03 Å². The topological polar surface area (TPSA) is 86.7 Å². The predicted molar refractivity (Wildman–Crippen MR) is 60.9 cm³/mol.